The molecule has 5 nitrogen and oxygen atoms in total. The number of hydrogen-bond acceptors (Lipinski definition) is 4. The Hall–Kier alpha value is -2.35. The minimum Gasteiger partial charge on any atom is -0.497 e. The highest BCUT2D eigenvalue weighted by molar-refractivity contribution is 14.1. The van der Waals surface area contributed by atoms with Gasteiger partial charge in [-0.25, -0.2) is 4.79 Å². The second-order valence-corrected chi connectivity index (χ2v) is 6.06. The van der Waals surface area contributed by atoms with E-state index < -0.39 is 5.63 Å². The SMILES string of the molecule is COc1ccc2oc(=O)c(NC(=O)c3cccc(I)c3)cc2c1. The van der Waals surface area contributed by atoms with Crippen molar-refractivity contribution in [3.8, 4) is 5.75 Å². The average Bonchev–Trinajstić information content (AvgIpc) is 2.55. The summed E-state index contributed by atoms with van der Waals surface area (Å²) in [5.74, 6) is 0.277. The summed E-state index contributed by atoms with van der Waals surface area (Å²) in [5.41, 5.74) is 0.404. The molecule has 0 saturated heterocycles. The van der Waals surface area contributed by atoms with E-state index in [2.05, 4.69) is 27.9 Å². The van der Waals surface area contributed by atoms with Crippen molar-refractivity contribution in [2.75, 3.05) is 12.4 Å². The van der Waals surface area contributed by atoms with Crippen LogP contribution in [-0.2, 0) is 0 Å². The summed E-state index contributed by atoms with van der Waals surface area (Å²) >= 11 is 2.12. The molecule has 0 unspecified atom stereocenters. The number of hydrogen-bond donors (Lipinski definition) is 1. The Labute approximate surface area is 145 Å². The summed E-state index contributed by atoms with van der Waals surface area (Å²) in [6.45, 7) is 0. The van der Waals surface area contributed by atoms with Gasteiger partial charge >= 0.3 is 5.63 Å². The van der Waals surface area contributed by atoms with Gasteiger partial charge < -0.3 is 14.5 Å². The summed E-state index contributed by atoms with van der Waals surface area (Å²) in [6, 6.07) is 13.8. The maximum absolute atomic E-state index is 12.3. The lowest BCUT2D eigenvalue weighted by molar-refractivity contribution is 0.102. The molecule has 1 amide bonds. The van der Waals surface area contributed by atoms with Gasteiger partial charge in [-0.05, 0) is 65.1 Å². The monoisotopic (exact) mass is 421 g/mol. The van der Waals surface area contributed by atoms with Gasteiger partial charge in [-0.15, -0.1) is 0 Å². The predicted octanol–water partition coefficient (Wildman–Crippen LogP) is 3.66. The molecule has 116 valence electrons. The fourth-order valence-electron chi connectivity index (χ4n) is 2.14. The van der Waals surface area contributed by atoms with Crippen LogP contribution in [0.25, 0.3) is 11.0 Å². The largest absolute Gasteiger partial charge is 0.497 e. The standard InChI is InChI=1S/C17H12INO4/c1-22-13-5-6-15-11(8-13)9-14(17(21)23-15)19-16(20)10-3-2-4-12(18)7-10/h2-9H,1H3,(H,19,20). The molecule has 0 aliphatic rings. The minimum absolute atomic E-state index is 0.0922. The first-order valence-electron chi connectivity index (χ1n) is 6.75. The number of benzene rings is 2. The van der Waals surface area contributed by atoms with Crippen molar-refractivity contribution in [3.05, 3.63) is 68.1 Å². The van der Waals surface area contributed by atoms with Crippen molar-refractivity contribution in [3.63, 3.8) is 0 Å². The van der Waals surface area contributed by atoms with Crippen molar-refractivity contribution in [2.45, 2.75) is 0 Å². The molecule has 0 bridgehead atoms. The molecule has 0 fully saturated rings. The highest BCUT2D eigenvalue weighted by Gasteiger charge is 2.11. The number of carbonyl (C=O) groups is 1. The van der Waals surface area contributed by atoms with Gasteiger partial charge in [0.05, 0.1) is 7.11 Å². The van der Waals surface area contributed by atoms with Crippen molar-refractivity contribution < 1.29 is 13.9 Å². The van der Waals surface area contributed by atoms with Gasteiger partial charge in [0.1, 0.15) is 17.0 Å². The topological polar surface area (TPSA) is 68.5 Å². The minimum atomic E-state index is -0.596. The zero-order chi connectivity index (χ0) is 16.4. The molecule has 2 aromatic carbocycles. The first kappa shape index (κ1) is 15.5. The average molecular weight is 421 g/mol. The van der Waals surface area contributed by atoms with Gasteiger partial charge in [0.15, 0.2) is 0 Å². The second-order valence-electron chi connectivity index (χ2n) is 4.82. The molecular weight excluding hydrogens is 409 g/mol. The van der Waals surface area contributed by atoms with E-state index in [9.17, 15) is 9.59 Å². The number of ether oxygens (including phenoxy) is 1. The summed E-state index contributed by atoms with van der Waals surface area (Å²) in [7, 11) is 1.56. The van der Waals surface area contributed by atoms with Crippen LogP contribution in [0.1, 0.15) is 10.4 Å². The molecule has 0 saturated carbocycles. The molecule has 3 rings (SSSR count). The van der Waals surface area contributed by atoms with E-state index in [1.807, 2.05) is 6.07 Å². The van der Waals surface area contributed by atoms with Crippen LogP contribution in [0, 0.1) is 3.57 Å². The van der Waals surface area contributed by atoms with Crippen LogP contribution in [0.4, 0.5) is 5.69 Å². The van der Waals surface area contributed by atoms with Crippen LogP contribution >= 0.6 is 22.6 Å². The van der Waals surface area contributed by atoms with E-state index >= 15 is 0 Å². The van der Waals surface area contributed by atoms with E-state index in [1.165, 1.54) is 0 Å². The zero-order valence-corrected chi connectivity index (χ0v) is 14.3. The maximum Gasteiger partial charge on any atom is 0.360 e. The van der Waals surface area contributed by atoms with E-state index in [4.69, 9.17) is 9.15 Å². The van der Waals surface area contributed by atoms with Gasteiger partial charge in [0, 0.05) is 14.5 Å². The van der Waals surface area contributed by atoms with Gasteiger partial charge in [0.25, 0.3) is 5.91 Å². The molecule has 0 atom stereocenters. The summed E-state index contributed by atoms with van der Waals surface area (Å²) in [5, 5.41) is 3.26. The van der Waals surface area contributed by atoms with Crippen molar-refractivity contribution >= 4 is 45.2 Å². The Balaban J connectivity index is 1.97. The molecule has 1 heterocycles. The molecular formula is C17H12INO4. The Morgan fingerprint density at radius 2 is 2.00 bits per heavy atom. The predicted molar refractivity (Wildman–Crippen MR) is 96.1 cm³/mol. The third-order valence-electron chi connectivity index (χ3n) is 3.27. The molecule has 0 aliphatic carbocycles. The number of nitrogens with one attached hydrogen (secondary N) is 1. The Morgan fingerprint density at radius 1 is 1.17 bits per heavy atom. The third-order valence-corrected chi connectivity index (χ3v) is 3.95. The lowest BCUT2D eigenvalue weighted by Gasteiger charge is -2.06. The summed E-state index contributed by atoms with van der Waals surface area (Å²) in [4.78, 5) is 24.3. The number of halogens is 1. The maximum atomic E-state index is 12.3. The van der Waals surface area contributed by atoms with Crippen LogP contribution in [0.3, 0.4) is 0 Å². The van der Waals surface area contributed by atoms with Crippen LogP contribution in [0.5, 0.6) is 5.75 Å². The van der Waals surface area contributed by atoms with Gasteiger partial charge in [-0.2, -0.15) is 0 Å². The molecule has 0 aliphatic heterocycles. The number of amides is 1. The second kappa shape index (κ2) is 6.41. The van der Waals surface area contributed by atoms with Crippen LogP contribution in [0.2, 0.25) is 0 Å². The van der Waals surface area contributed by atoms with Crippen LogP contribution in [-0.4, -0.2) is 13.0 Å². The fraction of sp³-hybridized carbons (Fsp3) is 0.0588. The van der Waals surface area contributed by atoms with E-state index in [0.29, 0.717) is 22.3 Å². The van der Waals surface area contributed by atoms with E-state index in [0.717, 1.165) is 3.57 Å². The first-order chi connectivity index (χ1) is 11.1. The summed E-state index contributed by atoms with van der Waals surface area (Å²) in [6.07, 6.45) is 0. The molecule has 3 aromatic rings. The fourth-order valence-corrected chi connectivity index (χ4v) is 2.68. The summed E-state index contributed by atoms with van der Waals surface area (Å²) < 4.78 is 11.3. The van der Waals surface area contributed by atoms with Crippen LogP contribution in [0.15, 0.2) is 57.7 Å². The van der Waals surface area contributed by atoms with Crippen LogP contribution < -0.4 is 15.7 Å². The number of methoxy groups -OCH3 is 1. The van der Waals surface area contributed by atoms with Gasteiger partial charge in [0.2, 0.25) is 0 Å². The zero-order valence-electron chi connectivity index (χ0n) is 12.1. The highest BCUT2D eigenvalue weighted by atomic mass is 127. The molecule has 23 heavy (non-hydrogen) atoms. The van der Waals surface area contributed by atoms with E-state index in [-0.39, 0.29) is 11.6 Å². The Kier molecular flexibility index (Phi) is 4.33. The molecule has 0 spiro atoms. The number of carbonyl (C=O) groups excluding carboxylic acids is 1. The van der Waals surface area contributed by atoms with Gasteiger partial charge in [-0.1, -0.05) is 6.07 Å². The Morgan fingerprint density at radius 3 is 2.74 bits per heavy atom. The molecule has 1 N–H and O–H groups in total. The van der Waals surface area contributed by atoms with Crippen molar-refractivity contribution in [2.24, 2.45) is 0 Å². The Bertz CT molecular complexity index is 949. The number of fused-ring (bicyclic) bond motifs is 1. The molecule has 0 radical (unpaired) electrons. The number of anilines is 1. The lowest BCUT2D eigenvalue weighted by Crippen LogP contribution is -2.17. The smallest absolute Gasteiger partial charge is 0.360 e. The van der Waals surface area contributed by atoms with Gasteiger partial charge in [-0.3, -0.25) is 4.79 Å². The first-order valence-corrected chi connectivity index (χ1v) is 7.83. The van der Waals surface area contributed by atoms with Crippen molar-refractivity contribution in [1.82, 2.24) is 0 Å². The number of rotatable bonds is 3. The van der Waals surface area contributed by atoms with E-state index in [1.54, 1.807) is 49.6 Å². The van der Waals surface area contributed by atoms with Crippen molar-refractivity contribution in [1.29, 1.82) is 0 Å². The normalized spacial score (nSPS) is 10.5. The quantitative estimate of drug-likeness (QED) is 0.518. The molecule has 1 aromatic heterocycles. The highest BCUT2D eigenvalue weighted by Crippen LogP contribution is 2.22. The lowest BCUT2D eigenvalue weighted by atomic mass is 10.2. The molecule has 6 heteroatoms. The third kappa shape index (κ3) is 3.37.